The molecule has 196 valence electrons. The van der Waals surface area contributed by atoms with Gasteiger partial charge in [0.25, 0.3) is 0 Å². The number of carbonyl (C=O) groups is 1. The molecule has 0 unspecified atom stereocenters. The largest absolute Gasteiger partial charge is 0.416 e. The molecule has 3 aromatic rings. The van der Waals surface area contributed by atoms with Gasteiger partial charge in [0.05, 0.1) is 16.8 Å². The fourth-order valence-corrected chi connectivity index (χ4v) is 4.02. The Morgan fingerprint density at radius 1 is 0.730 bits per heavy atom. The van der Waals surface area contributed by atoms with E-state index >= 15 is 0 Å². The van der Waals surface area contributed by atoms with Crippen molar-refractivity contribution in [1.82, 2.24) is 10.2 Å². The van der Waals surface area contributed by atoms with Crippen molar-refractivity contribution in [2.75, 3.05) is 28.6 Å². The zero-order chi connectivity index (χ0) is 26.6. The minimum absolute atomic E-state index is 0.00823. The summed E-state index contributed by atoms with van der Waals surface area (Å²) in [5.41, 5.74) is -2.28. The summed E-state index contributed by atoms with van der Waals surface area (Å²) in [6, 6.07) is 9.98. The van der Waals surface area contributed by atoms with Crippen LogP contribution in [-0.4, -0.2) is 29.3 Å². The second-order valence-corrected chi connectivity index (χ2v) is 8.63. The Kier molecular flexibility index (Phi) is 7.55. The van der Waals surface area contributed by atoms with Crippen molar-refractivity contribution < 1.29 is 31.1 Å². The number of carbonyl (C=O) groups excluding carboxylic acids is 1. The number of rotatable bonds is 4. The summed E-state index contributed by atoms with van der Waals surface area (Å²) in [5.74, 6) is 0.777. The van der Waals surface area contributed by atoms with Gasteiger partial charge in [-0.05, 0) is 55.3 Å². The second kappa shape index (κ2) is 10.7. The zero-order valence-electron chi connectivity index (χ0n) is 19.5. The van der Waals surface area contributed by atoms with Gasteiger partial charge in [0.15, 0.2) is 5.82 Å². The topological polar surface area (TPSA) is 70.2 Å². The average molecular weight is 523 g/mol. The molecular formula is C25H23F6N5O. The Morgan fingerprint density at radius 2 is 1.35 bits per heavy atom. The Bertz CT molecular complexity index is 1200. The summed E-state index contributed by atoms with van der Waals surface area (Å²) >= 11 is 0. The van der Waals surface area contributed by atoms with Crippen molar-refractivity contribution in [1.29, 1.82) is 0 Å². The molecule has 2 N–H and O–H groups in total. The van der Waals surface area contributed by atoms with E-state index < -0.39 is 35.2 Å². The van der Waals surface area contributed by atoms with Crippen molar-refractivity contribution in [3.05, 3.63) is 65.7 Å². The van der Waals surface area contributed by atoms with Crippen LogP contribution in [0.1, 0.15) is 36.8 Å². The Balaban J connectivity index is 1.47. The van der Waals surface area contributed by atoms with Gasteiger partial charge in [0, 0.05) is 30.0 Å². The maximum Gasteiger partial charge on any atom is 0.416 e. The van der Waals surface area contributed by atoms with Crippen LogP contribution in [0.15, 0.2) is 54.6 Å². The molecule has 1 aliphatic rings. The van der Waals surface area contributed by atoms with Crippen LogP contribution in [0.25, 0.3) is 11.3 Å². The molecule has 0 atom stereocenters. The van der Waals surface area contributed by atoms with Crippen molar-refractivity contribution in [2.24, 2.45) is 0 Å². The highest BCUT2D eigenvalue weighted by atomic mass is 19.4. The molecule has 1 fully saturated rings. The van der Waals surface area contributed by atoms with Crippen LogP contribution in [0.2, 0.25) is 0 Å². The number of alkyl halides is 6. The van der Waals surface area contributed by atoms with Gasteiger partial charge in [-0.1, -0.05) is 25.0 Å². The third-order valence-corrected chi connectivity index (χ3v) is 5.84. The minimum Gasteiger partial charge on any atom is -0.355 e. The number of hydrogen-bond acceptors (Lipinski definition) is 4. The molecule has 1 aromatic heterocycles. The lowest BCUT2D eigenvalue weighted by Crippen LogP contribution is -2.25. The molecule has 2 aromatic carbocycles. The predicted molar refractivity (Wildman–Crippen MR) is 127 cm³/mol. The standard InChI is InChI=1S/C25H23F6N5O/c26-24(27,28)17-13-18(25(29,30)31)15-20(14-17)33-23(37)32-19-7-5-6-16(12-19)21-8-9-22(35-34-21)36-10-3-1-2-4-11-36/h5-9,12-15H,1-4,10-11H2,(H2,32,33,37). The van der Waals surface area contributed by atoms with E-state index in [1.165, 1.54) is 18.9 Å². The van der Waals surface area contributed by atoms with Crippen molar-refractivity contribution in [3.63, 3.8) is 0 Å². The fraction of sp³-hybridized carbons (Fsp3) is 0.320. The number of hydrogen-bond donors (Lipinski definition) is 2. The third-order valence-electron chi connectivity index (χ3n) is 5.84. The molecule has 0 spiro atoms. The number of amides is 2. The first kappa shape index (κ1) is 26.2. The Hall–Kier alpha value is -3.83. The average Bonchev–Trinajstić information content (AvgIpc) is 3.13. The molecular weight excluding hydrogens is 500 g/mol. The van der Waals surface area contributed by atoms with Crippen LogP contribution in [0.3, 0.4) is 0 Å². The molecule has 0 aliphatic carbocycles. The van der Waals surface area contributed by atoms with Gasteiger partial charge >= 0.3 is 18.4 Å². The van der Waals surface area contributed by atoms with Crippen molar-refractivity contribution >= 4 is 23.2 Å². The van der Waals surface area contributed by atoms with Crippen molar-refractivity contribution in [3.8, 4) is 11.3 Å². The SMILES string of the molecule is O=C(Nc1cccc(-c2ccc(N3CCCCCC3)nn2)c1)Nc1cc(C(F)(F)F)cc(C(F)(F)F)c1. The van der Waals surface area contributed by atoms with E-state index in [0.717, 1.165) is 31.7 Å². The lowest BCUT2D eigenvalue weighted by Gasteiger charge is -2.20. The molecule has 1 saturated heterocycles. The number of aromatic nitrogens is 2. The van der Waals surface area contributed by atoms with E-state index in [1.807, 2.05) is 11.4 Å². The number of anilines is 3. The molecule has 1 aliphatic heterocycles. The van der Waals surface area contributed by atoms with Crippen LogP contribution in [0.4, 0.5) is 48.3 Å². The molecule has 2 heterocycles. The van der Waals surface area contributed by atoms with Crippen molar-refractivity contribution in [2.45, 2.75) is 38.0 Å². The molecule has 0 saturated carbocycles. The van der Waals surface area contributed by atoms with Gasteiger partial charge < -0.3 is 15.5 Å². The highest BCUT2D eigenvalue weighted by Crippen LogP contribution is 2.37. The molecule has 0 bridgehead atoms. The number of halogens is 6. The maximum absolute atomic E-state index is 13.1. The van der Waals surface area contributed by atoms with Crippen LogP contribution in [-0.2, 0) is 12.4 Å². The summed E-state index contributed by atoms with van der Waals surface area (Å²) in [6.07, 6.45) is -5.48. The lowest BCUT2D eigenvalue weighted by atomic mass is 10.1. The maximum atomic E-state index is 13.1. The summed E-state index contributed by atoms with van der Waals surface area (Å²) in [6.45, 7) is 1.83. The summed E-state index contributed by atoms with van der Waals surface area (Å²) in [7, 11) is 0. The minimum atomic E-state index is -5.02. The first-order chi connectivity index (χ1) is 17.5. The van der Waals surface area contributed by atoms with E-state index in [4.69, 9.17) is 0 Å². The third kappa shape index (κ3) is 6.89. The van der Waals surface area contributed by atoms with Gasteiger partial charge in [-0.25, -0.2) is 4.79 Å². The quantitative estimate of drug-likeness (QED) is 0.355. The van der Waals surface area contributed by atoms with Crippen LogP contribution in [0, 0.1) is 0 Å². The van der Waals surface area contributed by atoms with E-state index in [-0.39, 0.29) is 11.8 Å². The number of nitrogens with one attached hydrogen (secondary N) is 2. The Morgan fingerprint density at radius 3 is 1.92 bits per heavy atom. The summed E-state index contributed by atoms with van der Waals surface area (Å²) < 4.78 is 78.4. The van der Waals surface area contributed by atoms with Gasteiger partial charge in [0.2, 0.25) is 0 Å². The normalized spacial score (nSPS) is 14.7. The predicted octanol–water partition coefficient (Wildman–Crippen LogP) is 7.21. The van der Waals surface area contributed by atoms with Crippen LogP contribution >= 0.6 is 0 Å². The van der Waals surface area contributed by atoms with Gasteiger partial charge in [0.1, 0.15) is 0 Å². The monoisotopic (exact) mass is 523 g/mol. The second-order valence-electron chi connectivity index (χ2n) is 8.63. The highest BCUT2D eigenvalue weighted by Gasteiger charge is 2.37. The van der Waals surface area contributed by atoms with E-state index in [9.17, 15) is 31.1 Å². The zero-order valence-corrected chi connectivity index (χ0v) is 19.5. The molecule has 12 heteroatoms. The molecule has 2 amide bonds. The number of urea groups is 1. The molecule has 6 nitrogen and oxygen atoms in total. The first-order valence-corrected chi connectivity index (χ1v) is 11.6. The molecule has 37 heavy (non-hydrogen) atoms. The lowest BCUT2D eigenvalue weighted by molar-refractivity contribution is -0.143. The first-order valence-electron chi connectivity index (χ1n) is 11.6. The summed E-state index contributed by atoms with van der Waals surface area (Å²) in [4.78, 5) is 14.6. The van der Waals surface area contributed by atoms with E-state index in [2.05, 4.69) is 20.4 Å². The Labute approximate surface area is 208 Å². The van der Waals surface area contributed by atoms with E-state index in [1.54, 1.807) is 24.3 Å². The number of nitrogens with zero attached hydrogens (tertiary/aromatic N) is 3. The fourth-order valence-electron chi connectivity index (χ4n) is 4.02. The summed E-state index contributed by atoms with van der Waals surface area (Å²) in [5, 5.41) is 13.0. The van der Waals surface area contributed by atoms with Gasteiger partial charge in [-0.2, -0.15) is 26.3 Å². The van der Waals surface area contributed by atoms with Gasteiger partial charge in [-0.15, -0.1) is 10.2 Å². The molecule has 0 radical (unpaired) electrons. The van der Waals surface area contributed by atoms with Gasteiger partial charge in [-0.3, -0.25) is 0 Å². The van der Waals surface area contributed by atoms with Crippen LogP contribution in [0.5, 0.6) is 0 Å². The van der Waals surface area contributed by atoms with Crippen LogP contribution < -0.4 is 15.5 Å². The highest BCUT2D eigenvalue weighted by molar-refractivity contribution is 6.00. The number of benzene rings is 2. The van der Waals surface area contributed by atoms with E-state index in [0.29, 0.717) is 23.4 Å². The smallest absolute Gasteiger partial charge is 0.355 e. The molecule has 4 rings (SSSR count).